The normalized spacial score (nSPS) is 35.6. The summed E-state index contributed by atoms with van der Waals surface area (Å²) >= 11 is 0. The summed E-state index contributed by atoms with van der Waals surface area (Å²) in [7, 11) is 0. The number of ketones is 1. The number of rotatable bonds is 4. The first-order chi connectivity index (χ1) is 11.8. The molecule has 0 radical (unpaired) electrons. The summed E-state index contributed by atoms with van der Waals surface area (Å²) < 4.78 is 5.47. The van der Waals surface area contributed by atoms with Gasteiger partial charge in [0, 0.05) is 5.56 Å². The van der Waals surface area contributed by atoms with E-state index in [2.05, 4.69) is 0 Å². The molecule has 1 aromatic rings. The largest absolute Gasteiger partial charge is 0.457 e. The molecule has 1 aromatic carbocycles. The molecule has 0 spiro atoms. The van der Waals surface area contributed by atoms with Crippen LogP contribution in [0.25, 0.3) is 0 Å². The monoisotopic (exact) mass is 342 g/mol. The van der Waals surface area contributed by atoms with Crippen LogP contribution in [-0.4, -0.2) is 29.1 Å². The molecule has 4 saturated carbocycles. The molecule has 4 nitrogen and oxygen atoms in total. The van der Waals surface area contributed by atoms with E-state index in [0.29, 0.717) is 23.8 Å². The van der Waals surface area contributed by atoms with Gasteiger partial charge in [-0.1, -0.05) is 23.8 Å². The summed E-state index contributed by atoms with van der Waals surface area (Å²) in [6.07, 6.45) is 4.88. The lowest BCUT2D eigenvalue weighted by atomic mass is 9.48. The van der Waals surface area contributed by atoms with Crippen LogP contribution in [0.5, 0.6) is 0 Å². The van der Waals surface area contributed by atoms with Crippen molar-refractivity contribution in [1.82, 2.24) is 0 Å². The molecule has 4 bridgehead atoms. The van der Waals surface area contributed by atoms with E-state index >= 15 is 0 Å². The fourth-order valence-corrected chi connectivity index (χ4v) is 5.94. The molecule has 2 unspecified atom stereocenters. The number of carbonyl (C=O) groups is 2. The molecular weight excluding hydrogens is 316 g/mol. The highest BCUT2D eigenvalue weighted by molar-refractivity contribution is 5.99. The molecule has 0 heterocycles. The van der Waals surface area contributed by atoms with E-state index in [0.717, 1.165) is 43.2 Å². The highest BCUT2D eigenvalue weighted by atomic mass is 16.5. The van der Waals surface area contributed by atoms with Crippen LogP contribution in [-0.2, 0) is 9.53 Å². The van der Waals surface area contributed by atoms with Crippen LogP contribution >= 0.6 is 0 Å². The van der Waals surface area contributed by atoms with E-state index < -0.39 is 11.0 Å². The summed E-state index contributed by atoms with van der Waals surface area (Å²) in [5, 5.41) is 10.8. The van der Waals surface area contributed by atoms with Crippen molar-refractivity contribution in [2.24, 2.45) is 17.3 Å². The molecule has 0 aromatic heterocycles. The minimum absolute atomic E-state index is 0.158. The summed E-state index contributed by atoms with van der Waals surface area (Å²) in [5.74, 6) is 0.412. The molecule has 0 aliphatic heterocycles. The van der Waals surface area contributed by atoms with Crippen LogP contribution in [0, 0.1) is 31.1 Å². The fraction of sp³-hybridized carbons (Fsp3) is 0.619. The average molecular weight is 342 g/mol. The zero-order valence-corrected chi connectivity index (χ0v) is 15.0. The number of aryl methyl sites for hydroxylation is 2. The van der Waals surface area contributed by atoms with Crippen LogP contribution < -0.4 is 0 Å². The van der Waals surface area contributed by atoms with Crippen molar-refractivity contribution in [2.75, 3.05) is 6.61 Å². The Balaban J connectivity index is 1.45. The highest BCUT2D eigenvalue weighted by Crippen LogP contribution is 2.61. The van der Waals surface area contributed by atoms with Crippen molar-refractivity contribution >= 4 is 11.8 Å². The second-order valence-electron chi connectivity index (χ2n) is 8.78. The predicted octanol–water partition coefficient (Wildman–Crippen LogP) is 3.36. The zero-order valence-electron chi connectivity index (χ0n) is 15.0. The Morgan fingerprint density at radius 2 is 1.84 bits per heavy atom. The van der Waals surface area contributed by atoms with Crippen LogP contribution in [0.3, 0.4) is 0 Å². The molecular formula is C21H26O4. The minimum atomic E-state index is -0.694. The van der Waals surface area contributed by atoms with Gasteiger partial charge in [0.25, 0.3) is 0 Å². The molecule has 5 rings (SSSR count). The number of carbonyl (C=O) groups excluding carboxylic acids is 2. The number of Topliss-reactive ketones (excluding diaryl/α,β-unsaturated/α-hetero) is 1. The molecule has 4 aliphatic rings. The number of ether oxygens (including phenoxy) is 1. The first-order valence-electron chi connectivity index (χ1n) is 9.29. The van der Waals surface area contributed by atoms with Crippen molar-refractivity contribution in [3.05, 3.63) is 34.9 Å². The van der Waals surface area contributed by atoms with Crippen LogP contribution in [0.2, 0.25) is 0 Å². The van der Waals surface area contributed by atoms with Gasteiger partial charge in [-0.05, 0) is 69.8 Å². The van der Waals surface area contributed by atoms with Gasteiger partial charge in [-0.3, -0.25) is 9.59 Å². The Morgan fingerprint density at radius 3 is 2.44 bits per heavy atom. The maximum Gasteiger partial charge on any atom is 0.312 e. The molecule has 2 atom stereocenters. The number of aliphatic hydroxyl groups is 1. The Bertz CT molecular complexity index is 721. The van der Waals surface area contributed by atoms with E-state index in [-0.39, 0.29) is 18.4 Å². The van der Waals surface area contributed by atoms with Gasteiger partial charge in [-0.25, -0.2) is 0 Å². The lowest BCUT2D eigenvalue weighted by Crippen LogP contribution is -2.58. The lowest BCUT2D eigenvalue weighted by molar-refractivity contribution is -0.195. The van der Waals surface area contributed by atoms with Gasteiger partial charge in [-0.15, -0.1) is 0 Å². The fourth-order valence-electron chi connectivity index (χ4n) is 5.94. The first-order valence-corrected chi connectivity index (χ1v) is 9.29. The third-order valence-corrected chi connectivity index (χ3v) is 6.48. The summed E-state index contributed by atoms with van der Waals surface area (Å²) in [6.45, 7) is 3.67. The van der Waals surface area contributed by atoms with Crippen LogP contribution in [0.4, 0.5) is 0 Å². The van der Waals surface area contributed by atoms with Gasteiger partial charge < -0.3 is 9.84 Å². The molecule has 0 amide bonds. The predicted molar refractivity (Wildman–Crippen MR) is 93.3 cm³/mol. The topological polar surface area (TPSA) is 63.6 Å². The second-order valence-corrected chi connectivity index (χ2v) is 8.78. The van der Waals surface area contributed by atoms with E-state index in [1.54, 1.807) is 6.07 Å². The van der Waals surface area contributed by atoms with Gasteiger partial charge in [-0.2, -0.15) is 0 Å². The van der Waals surface area contributed by atoms with Crippen LogP contribution in [0.1, 0.15) is 60.0 Å². The standard InChI is InChI=1S/C21H26O4/c1-13-3-4-17(14(2)5-13)18(22)11-25-19(23)20-7-15-6-16(8-20)10-21(24,9-15)12-20/h3-5,15-16,24H,6-12H2,1-2H3. The lowest BCUT2D eigenvalue weighted by Gasteiger charge is -2.58. The highest BCUT2D eigenvalue weighted by Gasteiger charge is 2.60. The molecule has 4 aliphatic carbocycles. The number of hydrogen-bond donors (Lipinski definition) is 1. The second kappa shape index (κ2) is 5.66. The average Bonchev–Trinajstić information content (AvgIpc) is 2.49. The maximum atomic E-state index is 12.8. The number of hydrogen-bond acceptors (Lipinski definition) is 4. The minimum Gasteiger partial charge on any atom is -0.457 e. The van der Waals surface area contributed by atoms with Crippen molar-refractivity contribution in [3.63, 3.8) is 0 Å². The van der Waals surface area contributed by atoms with Gasteiger partial charge in [0.15, 0.2) is 6.61 Å². The van der Waals surface area contributed by atoms with E-state index in [9.17, 15) is 14.7 Å². The van der Waals surface area contributed by atoms with Gasteiger partial charge >= 0.3 is 5.97 Å². The van der Waals surface area contributed by atoms with Gasteiger partial charge in [0.05, 0.1) is 11.0 Å². The molecule has 4 fully saturated rings. The van der Waals surface area contributed by atoms with Crippen LogP contribution in [0.15, 0.2) is 18.2 Å². The van der Waals surface area contributed by atoms with Gasteiger partial charge in [0.1, 0.15) is 0 Å². The van der Waals surface area contributed by atoms with E-state index in [1.165, 1.54) is 0 Å². The molecule has 1 N–H and O–H groups in total. The van der Waals surface area contributed by atoms with Gasteiger partial charge in [0.2, 0.25) is 5.78 Å². The van der Waals surface area contributed by atoms with Crippen molar-refractivity contribution in [1.29, 1.82) is 0 Å². The molecule has 134 valence electrons. The smallest absolute Gasteiger partial charge is 0.312 e. The zero-order chi connectivity index (χ0) is 17.8. The third kappa shape index (κ3) is 2.91. The Labute approximate surface area is 148 Å². The Kier molecular flexibility index (Phi) is 3.80. The van der Waals surface area contributed by atoms with Crippen molar-refractivity contribution < 1.29 is 19.4 Å². The Hall–Kier alpha value is -1.68. The van der Waals surface area contributed by atoms with Crippen molar-refractivity contribution in [2.45, 2.75) is 58.0 Å². The quantitative estimate of drug-likeness (QED) is 0.673. The summed E-state index contributed by atoms with van der Waals surface area (Å²) in [4.78, 5) is 25.3. The molecule has 4 heteroatoms. The maximum absolute atomic E-state index is 12.8. The Morgan fingerprint density at radius 1 is 1.16 bits per heavy atom. The number of benzene rings is 1. The van der Waals surface area contributed by atoms with Crippen molar-refractivity contribution in [3.8, 4) is 0 Å². The summed E-state index contributed by atoms with van der Waals surface area (Å²) in [5.41, 5.74) is 1.36. The van der Waals surface area contributed by atoms with E-state index in [4.69, 9.17) is 4.74 Å². The third-order valence-electron chi connectivity index (χ3n) is 6.48. The first kappa shape index (κ1) is 16.8. The number of esters is 1. The summed E-state index contributed by atoms with van der Waals surface area (Å²) in [6, 6.07) is 5.66. The molecule has 25 heavy (non-hydrogen) atoms. The molecule has 0 saturated heterocycles. The van der Waals surface area contributed by atoms with E-state index in [1.807, 2.05) is 26.0 Å². The SMILES string of the molecule is Cc1ccc(C(=O)COC(=O)C23CC4CC(CC(O)(C4)C2)C3)c(C)c1.